The van der Waals surface area contributed by atoms with Gasteiger partial charge in [0.25, 0.3) is 5.91 Å². The molecule has 1 amide bonds. The smallest absolute Gasteiger partial charge is 0.305 e. The zero-order valence-corrected chi connectivity index (χ0v) is 11.3. The fraction of sp³-hybridized carbons (Fsp3) is 0.200. The van der Waals surface area contributed by atoms with E-state index in [0.29, 0.717) is 12.1 Å². The predicted molar refractivity (Wildman–Crippen MR) is 75.5 cm³/mol. The third kappa shape index (κ3) is 4.38. The molecule has 0 aliphatic rings. The zero-order valence-electron chi connectivity index (χ0n) is 11.3. The SMILES string of the molecule is O=C(O)CCN(Cc1ccncc1)C(=O)c1cccnc1. The first-order valence-electron chi connectivity index (χ1n) is 6.47. The number of amides is 1. The molecule has 2 heterocycles. The highest BCUT2D eigenvalue weighted by molar-refractivity contribution is 5.94. The Morgan fingerprint density at radius 2 is 1.86 bits per heavy atom. The Labute approximate surface area is 122 Å². The molecule has 1 N–H and O–H groups in total. The van der Waals surface area contributed by atoms with E-state index in [4.69, 9.17) is 5.11 Å². The van der Waals surface area contributed by atoms with Gasteiger partial charge in [0, 0.05) is 37.9 Å². The molecule has 0 aliphatic carbocycles. The summed E-state index contributed by atoms with van der Waals surface area (Å²) in [7, 11) is 0. The van der Waals surface area contributed by atoms with Gasteiger partial charge in [0.1, 0.15) is 0 Å². The van der Waals surface area contributed by atoms with Gasteiger partial charge < -0.3 is 10.0 Å². The maximum absolute atomic E-state index is 12.4. The second kappa shape index (κ2) is 7.14. The molecular formula is C15H15N3O3. The van der Waals surface area contributed by atoms with Crippen LogP contribution in [0.5, 0.6) is 0 Å². The van der Waals surface area contributed by atoms with E-state index in [1.807, 2.05) is 0 Å². The summed E-state index contributed by atoms with van der Waals surface area (Å²) in [5.74, 6) is -1.17. The first-order valence-corrected chi connectivity index (χ1v) is 6.47. The van der Waals surface area contributed by atoms with Crippen molar-refractivity contribution >= 4 is 11.9 Å². The topological polar surface area (TPSA) is 83.4 Å². The van der Waals surface area contributed by atoms with Crippen LogP contribution in [-0.2, 0) is 11.3 Å². The van der Waals surface area contributed by atoms with Crippen LogP contribution in [0.25, 0.3) is 0 Å². The molecule has 0 spiro atoms. The molecule has 0 aromatic carbocycles. The number of rotatable bonds is 6. The highest BCUT2D eigenvalue weighted by atomic mass is 16.4. The van der Waals surface area contributed by atoms with Crippen molar-refractivity contribution in [3.63, 3.8) is 0 Å². The van der Waals surface area contributed by atoms with Crippen LogP contribution in [0, 0.1) is 0 Å². The fourth-order valence-corrected chi connectivity index (χ4v) is 1.86. The van der Waals surface area contributed by atoms with Crippen molar-refractivity contribution in [3.05, 3.63) is 60.2 Å². The lowest BCUT2D eigenvalue weighted by molar-refractivity contribution is -0.137. The number of hydrogen-bond donors (Lipinski definition) is 1. The molecule has 6 heteroatoms. The van der Waals surface area contributed by atoms with Gasteiger partial charge in [-0.3, -0.25) is 19.6 Å². The standard InChI is InChI=1S/C15H15N3O3/c19-14(20)5-9-18(11-12-3-7-16-8-4-12)15(21)13-2-1-6-17-10-13/h1-4,6-8,10H,5,9,11H2,(H,19,20). The number of carbonyl (C=O) groups is 2. The van der Waals surface area contributed by atoms with Crippen LogP contribution in [0.4, 0.5) is 0 Å². The lowest BCUT2D eigenvalue weighted by atomic mass is 10.2. The number of hydrogen-bond acceptors (Lipinski definition) is 4. The molecule has 0 atom stereocenters. The van der Waals surface area contributed by atoms with E-state index in [0.717, 1.165) is 5.56 Å². The molecule has 2 aromatic heterocycles. The number of pyridine rings is 2. The molecule has 0 unspecified atom stereocenters. The minimum Gasteiger partial charge on any atom is -0.481 e. The Morgan fingerprint density at radius 3 is 2.48 bits per heavy atom. The van der Waals surface area contributed by atoms with Gasteiger partial charge in [-0.25, -0.2) is 0 Å². The summed E-state index contributed by atoms with van der Waals surface area (Å²) in [5, 5.41) is 8.82. The Bertz CT molecular complexity index is 602. The summed E-state index contributed by atoms with van der Waals surface area (Å²) in [6.07, 6.45) is 6.24. The van der Waals surface area contributed by atoms with Gasteiger partial charge in [0.15, 0.2) is 0 Å². The van der Waals surface area contributed by atoms with E-state index in [1.54, 1.807) is 42.9 Å². The fourth-order valence-electron chi connectivity index (χ4n) is 1.86. The second-order valence-electron chi connectivity index (χ2n) is 4.47. The highest BCUT2D eigenvalue weighted by Crippen LogP contribution is 2.09. The third-order valence-electron chi connectivity index (χ3n) is 2.91. The number of nitrogens with zero attached hydrogens (tertiary/aromatic N) is 3. The van der Waals surface area contributed by atoms with Gasteiger partial charge >= 0.3 is 5.97 Å². The number of aliphatic carboxylic acids is 1. The van der Waals surface area contributed by atoms with E-state index >= 15 is 0 Å². The van der Waals surface area contributed by atoms with Crippen LogP contribution < -0.4 is 0 Å². The monoisotopic (exact) mass is 285 g/mol. The van der Waals surface area contributed by atoms with Gasteiger partial charge in [-0.15, -0.1) is 0 Å². The highest BCUT2D eigenvalue weighted by Gasteiger charge is 2.17. The molecule has 108 valence electrons. The molecule has 0 saturated heterocycles. The van der Waals surface area contributed by atoms with E-state index in [1.165, 1.54) is 11.1 Å². The van der Waals surface area contributed by atoms with Crippen LogP contribution in [0.3, 0.4) is 0 Å². The molecule has 2 rings (SSSR count). The molecule has 21 heavy (non-hydrogen) atoms. The Balaban J connectivity index is 2.15. The number of carbonyl (C=O) groups excluding carboxylic acids is 1. The average molecular weight is 285 g/mol. The summed E-state index contributed by atoms with van der Waals surface area (Å²) >= 11 is 0. The molecule has 0 fully saturated rings. The molecule has 6 nitrogen and oxygen atoms in total. The number of aromatic nitrogens is 2. The molecule has 2 aromatic rings. The van der Waals surface area contributed by atoms with Gasteiger partial charge in [-0.05, 0) is 29.8 Å². The molecule has 0 bridgehead atoms. The minimum atomic E-state index is -0.936. The van der Waals surface area contributed by atoms with E-state index in [2.05, 4.69) is 9.97 Å². The third-order valence-corrected chi connectivity index (χ3v) is 2.91. The summed E-state index contributed by atoms with van der Waals surface area (Å²) in [6, 6.07) is 6.93. The second-order valence-corrected chi connectivity index (χ2v) is 4.47. The van der Waals surface area contributed by atoms with Gasteiger partial charge in [0.2, 0.25) is 0 Å². The summed E-state index contributed by atoms with van der Waals surface area (Å²) in [5.41, 5.74) is 1.34. The van der Waals surface area contributed by atoms with E-state index in [-0.39, 0.29) is 18.9 Å². The number of carboxylic acid groups (broad SMARTS) is 1. The van der Waals surface area contributed by atoms with Crippen LogP contribution in [0.1, 0.15) is 22.3 Å². The zero-order chi connectivity index (χ0) is 15.1. The summed E-state index contributed by atoms with van der Waals surface area (Å²) in [4.78, 5) is 32.5. The molecule has 0 saturated carbocycles. The van der Waals surface area contributed by atoms with Crippen LogP contribution >= 0.6 is 0 Å². The molecule has 0 aliphatic heterocycles. The Morgan fingerprint density at radius 1 is 1.10 bits per heavy atom. The van der Waals surface area contributed by atoms with E-state index < -0.39 is 5.97 Å². The van der Waals surface area contributed by atoms with Crippen LogP contribution in [0.15, 0.2) is 49.1 Å². The van der Waals surface area contributed by atoms with Crippen molar-refractivity contribution < 1.29 is 14.7 Å². The van der Waals surface area contributed by atoms with Crippen molar-refractivity contribution in [2.24, 2.45) is 0 Å². The lowest BCUT2D eigenvalue weighted by Crippen LogP contribution is -2.32. The maximum atomic E-state index is 12.4. The summed E-state index contributed by atoms with van der Waals surface area (Å²) < 4.78 is 0. The quantitative estimate of drug-likeness (QED) is 0.871. The molecule has 0 radical (unpaired) electrons. The van der Waals surface area contributed by atoms with Crippen molar-refractivity contribution in [2.75, 3.05) is 6.54 Å². The van der Waals surface area contributed by atoms with Crippen molar-refractivity contribution in [1.82, 2.24) is 14.9 Å². The van der Waals surface area contributed by atoms with Crippen molar-refractivity contribution in [2.45, 2.75) is 13.0 Å². The van der Waals surface area contributed by atoms with Crippen LogP contribution in [0.2, 0.25) is 0 Å². The lowest BCUT2D eigenvalue weighted by Gasteiger charge is -2.22. The summed E-state index contributed by atoms with van der Waals surface area (Å²) in [6.45, 7) is 0.481. The minimum absolute atomic E-state index is 0.100. The average Bonchev–Trinajstić information content (AvgIpc) is 2.52. The normalized spacial score (nSPS) is 10.1. The molecular weight excluding hydrogens is 270 g/mol. The van der Waals surface area contributed by atoms with Crippen LogP contribution in [-0.4, -0.2) is 38.4 Å². The first-order chi connectivity index (χ1) is 10.2. The largest absolute Gasteiger partial charge is 0.481 e. The van der Waals surface area contributed by atoms with Gasteiger partial charge in [-0.2, -0.15) is 0 Å². The maximum Gasteiger partial charge on any atom is 0.305 e. The first kappa shape index (κ1) is 14.6. The predicted octanol–water partition coefficient (Wildman–Crippen LogP) is 1.59. The van der Waals surface area contributed by atoms with Gasteiger partial charge in [-0.1, -0.05) is 0 Å². The Hall–Kier alpha value is -2.76. The van der Waals surface area contributed by atoms with E-state index in [9.17, 15) is 9.59 Å². The number of carboxylic acids is 1. The Kier molecular flexibility index (Phi) is 4.98. The van der Waals surface area contributed by atoms with Crippen molar-refractivity contribution in [3.8, 4) is 0 Å². The van der Waals surface area contributed by atoms with Gasteiger partial charge in [0.05, 0.1) is 12.0 Å². The van der Waals surface area contributed by atoms with Crippen molar-refractivity contribution in [1.29, 1.82) is 0 Å².